The molecule has 88 valence electrons. The molecule has 0 aliphatic heterocycles. The number of halogens is 1. The number of pyridine rings is 1. The van der Waals surface area contributed by atoms with E-state index in [2.05, 4.69) is 20.4 Å². The van der Waals surface area contributed by atoms with Crippen molar-refractivity contribution in [3.05, 3.63) is 36.8 Å². The first-order valence-electron chi connectivity index (χ1n) is 4.99. The van der Waals surface area contributed by atoms with Crippen molar-refractivity contribution in [3.8, 4) is 0 Å². The van der Waals surface area contributed by atoms with Crippen LogP contribution in [0.25, 0.3) is 0 Å². The normalized spacial score (nSPS) is 10.2. The van der Waals surface area contributed by atoms with Crippen LogP contribution in [0, 0.1) is 5.95 Å². The number of nitrogens with one attached hydrogen (secondary N) is 1. The van der Waals surface area contributed by atoms with Crippen LogP contribution in [-0.2, 0) is 11.3 Å². The Balaban J connectivity index is 1.85. The van der Waals surface area contributed by atoms with Crippen molar-refractivity contribution in [2.45, 2.75) is 13.0 Å². The van der Waals surface area contributed by atoms with Crippen molar-refractivity contribution in [1.29, 1.82) is 0 Å². The first-order chi connectivity index (χ1) is 8.24. The third-order valence-electron chi connectivity index (χ3n) is 2.02. The molecule has 0 spiro atoms. The summed E-state index contributed by atoms with van der Waals surface area (Å²) >= 11 is 0. The third-order valence-corrected chi connectivity index (χ3v) is 2.02. The lowest BCUT2D eigenvalue weighted by molar-refractivity contribution is -0.116. The number of aromatic nitrogens is 4. The minimum atomic E-state index is -0.626. The van der Waals surface area contributed by atoms with Crippen LogP contribution in [0.4, 0.5) is 10.2 Å². The molecule has 1 N–H and O–H groups in total. The van der Waals surface area contributed by atoms with Crippen molar-refractivity contribution >= 4 is 11.7 Å². The fraction of sp³-hybridized carbons (Fsp3) is 0.200. The van der Waals surface area contributed by atoms with Crippen LogP contribution in [0.3, 0.4) is 0 Å². The van der Waals surface area contributed by atoms with Crippen LogP contribution >= 0.6 is 0 Å². The Morgan fingerprint density at radius 2 is 2.35 bits per heavy atom. The second kappa shape index (κ2) is 5.15. The summed E-state index contributed by atoms with van der Waals surface area (Å²) in [7, 11) is 0. The van der Waals surface area contributed by atoms with Gasteiger partial charge in [0.2, 0.25) is 11.9 Å². The summed E-state index contributed by atoms with van der Waals surface area (Å²) in [4.78, 5) is 18.8. The molecule has 2 aromatic rings. The van der Waals surface area contributed by atoms with Gasteiger partial charge in [0.25, 0.3) is 0 Å². The summed E-state index contributed by atoms with van der Waals surface area (Å²) in [5, 5.41) is 6.35. The number of carbonyl (C=O) groups is 1. The van der Waals surface area contributed by atoms with Crippen LogP contribution in [0.1, 0.15) is 6.42 Å². The van der Waals surface area contributed by atoms with Crippen LogP contribution in [0.2, 0.25) is 0 Å². The summed E-state index contributed by atoms with van der Waals surface area (Å²) in [6.07, 6.45) is 3.14. The Bertz CT molecular complexity index is 499. The van der Waals surface area contributed by atoms with E-state index >= 15 is 0 Å². The smallest absolute Gasteiger partial charge is 0.227 e. The SMILES string of the molecule is O=C(CCn1cncn1)Nc1cccc(F)n1. The van der Waals surface area contributed by atoms with Gasteiger partial charge in [0.15, 0.2) is 0 Å². The molecule has 0 aliphatic rings. The lowest BCUT2D eigenvalue weighted by Crippen LogP contribution is -2.15. The van der Waals surface area contributed by atoms with Gasteiger partial charge < -0.3 is 5.32 Å². The molecule has 2 aromatic heterocycles. The highest BCUT2D eigenvalue weighted by atomic mass is 19.1. The Labute approximate surface area is 96.5 Å². The van der Waals surface area contributed by atoms with Crippen LogP contribution in [0.15, 0.2) is 30.9 Å². The van der Waals surface area contributed by atoms with E-state index in [1.165, 1.54) is 30.9 Å². The summed E-state index contributed by atoms with van der Waals surface area (Å²) in [5.74, 6) is -0.675. The zero-order valence-electron chi connectivity index (χ0n) is 8.88. The maximum Gasteiger partial charge on any atom is 0.227 e. The van der Waals surface area contributed by atoms with Crippen LogP contribution < -0.4 is 5.32 Å². The molecule has 0 fully saturated rings. The van der Waals surface area contributed by atoms with Gasteiger partial charge in [-0.05, 0) is 12.1 Å². The third kappa shape index (κ3) is 3.33. The van der Waals surface area contributed by atoms with E-state index in [9.17, 15) is 9.18 Å². The van der Waals surface area contributed by atoms with Gasteiger partial charge in [-0.3, -0.25) is 9.48 Å². The van der Waals surface area contributed by atoms with E-state index in [0.29, 0.717) is 6.54 Å². The van der Waals surface area contributed by atoms with Crippen molar-refractivity contribution in [3.63, 3.8) is 0 Å². The van der Waals surface area contributed by atoms with Crippen molar-refractivity contribution in [2.75, 3.05) is 5.32 Å². The van der Waals surface area contributed by atoms with Gasteiger partial charge in [-0.1, -0.05) is 6.07 Å². The Morgan fingerprint density at radius 1 is 1.47 bits per heavy atom. The fourth-order valence-electron chi connectivity index (χ4n) is 1.25. The van der Waals surface area contributed by atoms with E-state index in [4.69, 9.17) is 0 Å². The number of amides is 1. The highest BCUT2D eigenvalue weighted by Crippen LogP contribution is 2.04. The Kier molecular flexibility index (Phi) is 3.39. The first kappa shape index (κ1) is 11.2. The second-order valence-corrected chi connectivity index (χ2v) is 3.30. The predicted molar refractivity (Wildman–Crippen MR) is 57.5 cm³/mol. The van der Waals surface area contributed by atoms with Gasteiger partial charge in [0.05, 0.1) is 6.54 Å². The summed E-state index contributed by atoms with van der Waals surface area (Å²) < 4.78 is 14.3. The number of nitrogens with zero attached hydrogens (tertiary/aromatic N) is 4. The van der Waals surface area contributed by atoms with E-state index in [0.717, 1.165) is 0 Å². The summed E-state index contributed by atoms with van der Waals surface area (Å²) in [6, 6.07) is 4.22. The van der Waals surface area contributed by atoms with Gasteiger partial charge in [0.1, 0.15) is 18.5 Å². The number of rotatable bonds is 4. The van der Waals surface area contributed by atoms with Gasteiger partial charge in [0, 0.05) is 6.42 Å². The van der Waals surface area contributed by atoms with Gasteiger partial charge in [-0.25, -0.2) is 9.97 Å². The standard InChI is InChI=1S/C10H10FN5O/c11-8-2-1-3-9(14-8)15-10(17)4-5-16-7-12-6-13-16/h1-3,6-7H,4-5H2,(H,14,15,17). The molecule has 0 saturated heterocycles. The number of hydrogen-bond donors (Lipinski definition) is 1. The maximum absolute atomic E-state index is 12.7. The van der Waals surface area contributed by atoms with Gasteiger partial charge in [-0.2, -0.15) is 9.49 Å². The molecule has 1 amide bonds. The average Bonchev–Trinajstić information content (AvgIpc) is 2.79. The lowest BCUT2D eigenvalue weighted by Gasteiger charge is -2.03. The zero-order chi connectivity index (χ0) is 12.1. The number of carbonyl (C=O) groups excluding carboxylic acids is 1. The predicted octanol–water partition coefficient (Wildman–Crippen LogP) is 0.841. The second-order valence-electron chi connectivity index (χ2n) is 3.30. The number of anilines is 1. The molecule has 2 heterocycles. The number of hydrogen-bond acceptors (Lipinski definition) is 4. The molecule has 0 atom stereocenters. The molecule has 6 nitrogen and oxygen atoms in total. The van der Waals surface area contributed by atoms with E-state index in [1.54, 1.807) is 4.68 Å². The van der Waals surface area contributed by atoms with Gasteiger partial charge >= 0.3 is 0 Å². The average molecular weight is 235 g/mol. The largest absolute Gasteiger partial charge is 0.311 e. The quantitative estimate of drug-likeness (QED) is 0.797. The molecular weight excluding hydrogens is 225 g/mol. The van der Waals surface area contributed by atoms with E-state index in [-0.39, 0.29) is 18.1 Å². The minimum Gasteiger partial charge on any atom is -0.311 e. The molecule has 0 aromatic carbocycles. The summed E-state index contributed by atoms with van der Waals surface area (Å²) in [5.41, 5.74) is 0. The highest BCUT2D eigenvalue weighted by Gasteiger charge is 2.04. The Hall–Kier alpha value is -2.31. The summed E-state index contributed by atoms with van der Waals surface area (Å²) in [6.45, 7) is 0.418. The van der Waals surface area contributed by atoms with Crippen molar-refractivity contribution in [2.24, 2.45) is 0 Å². The van der Waals surface area contributed by atoms with Crippen molar-refractivity contribution in [1.82, 2.24) is 19.7 Å². The molecular formula is C10H10FN5O. The topological polar surface area (TPSA) is 72.7 Å². The van der Waals surface area contributed by atoms with E-state index in [1.807, 2.05) is 0 Å². The molecule has 0 saturated carbocycles. The molecule has 0 unspecified atom stereocenters. The Morgan fingerprint density at radius 3 is 3.06 bits per heavy atom. The van der Waals surface area contributed by atoms with Crippen LogP contribution in [-0.4, -0.2) is 25.7 Å². The maximum atomic E-state index is 12.7. The minimum absolute atomic E-state index is 0.202. The van der Waals surface area contributed by atoms with Crippen molar-refractivity contribution < 1.29 is 9.18 Å². The molecule has 2 rings (SSSR count). The molecule has 0 aliphatic carbocycles. The molecule has 7 heteroatoms. The molecule has 17 heavy (non-hydrogen) atoms. The fourth-order valence-corrected chi connectivity index (χ4v) is 1.25. The molecule has 0 radical (unpaired) electrons. The van der Waals surface area contributed by atoms with Gasteiger partial charge in [-0.15, -0.1) is 0 Å². The first-order valence-corrected chi connectivity index (χ1v) is 4.99. The highest BCUT2D eigenvalue weighted by molar-refractivity contribution is 5.89. The van der Waals surface area contributed by atoms with Crippen LogP contribution in [0.5, 0.6) is 0 Å². The van der Waals surface area contributed by atoms with E-state index < -0.39 is 5.95 Å². The number of aryl methyl sites for hydroxylation is 1. The lowest BCUT2D eigenvalue weighted by atomic mass is 10.4. The zero-order valence-corrected chi connectivity index (χ0v) is 8.88. The monoisotopic (exact) mass is 235 g/mol. The molecule has 0 bridgehead atoms.